The highest BCUT2D eigenvalue weighted by Gasteiger charge is 2.30. The van der Waals surface area contributed by atoms with Gasteiger partial charge in [-0.1, -0.05) is 42.5 Å². The Hall–Kier alpha value is -3.10. The number of hydrogen-bond donors (Lipinski definition) is 1. The van der Waals surface area contributed by atoms with Crippen LogP contribution in [-0.2, 0) is 13.0 Å². The summed E-state index contributed by atoms with van der Waals surface area (Å²) in [6.45, 7) is 4.17. The number of nitrogens with one attached hydrogen (secondary N) is 1. The van der Waals surface area contributed by atoms with Gasteiger partial charge in [-0.2, -0.15) is 10.4 Å². The maximum absolute atomic E-state index is 9.52. The second-order valence-electron chi connectivity index (χ2n) is 7.97. The lowest BCUT2D eigenvalue weighted by Crippen LogP contribution is -2.32. The van der Waals surface area contributed by atoms with Crippen LogP contribution in [0.5, 0.6) is 0 Å². The van der Waals surface area contributed by atoms with E-state index in [-0.39, 0.29) is 0 Å². The van der Waals surface area contributed by atoms with Crippen molar-refractivity contribution < 1.29 is 0 Å². The average Bonchev–Trinajstić information content (AvgIpc) is 3.38. The Morgan fingerprint density at radius 3 is 2.59 bits per heavy atom. The van der Waals surface area contributed by atoms with Gasteiger partial charge >= 0.3 is 0 Å². The van der Waals surface area contributed by atoms with E-state index in [0.717, 1.165) is 56.9 Å². The van der Waals surface area contributed by atoms with Gasteiger partial charge in [-0.3, -0.25) is 4.90 Å². The van der Waals surface area contributed by atoms with E-state index in [9.17, 15) is 5.26 Å². The molecule has 2 aliphatic heterocycles. The van der Waals surface area contributed by atoms with E-state index in [4.69, 9.17) is 5.10 Å². The Kier molecular flexibility index (Phi) is 4.79. The summed E-state index contributed by atoms with van der Waals surface area (Å²) >= 11 is 0. The van der Waals surface area contributed by atoms with Crippen molar-refractivity contribution in [1.82, 2.24) is 14.7 Å². The lowest BCUT2D eigenvalue weighted by Gasteiger charge is -2.31. The minimum atomic E-state index is 0.492. The zero-order valence-corrected chi connectivity index (χ0v) is 16.5. The van der Waals surface area contributed by atoms with Crippen molar-refractivity contribution in [2.45, 2.75) is 31.7 Å². The fourth-order valence-electron chi connectivity index (χ4n) is 4.66. The van der Waals surface area contributed by atoms with Crippen molar-refractivity contribution in [3.05, 3.63) is 77.0 Å². The van der Waals surface area contributed by atoms with Crippen LogP contribution in [0.1, 0.15) is 41.1 Å². The van der Waals surface area contributed by atoms with Crippen molar-refractivity contribution in [2.24, 2.45) is 0 Å². The summed E-state index contributed by atoms with van der Waals surface area (Å²) < 4.78 is 1.96. The van der Waals surface area contributed by atoms with Crippen molar-refractivity contribution in [3.8, 4) is 11.8 Å². The van der Waals surface area contributed by atoms with Crippen LogP contribution in [0.3, 0.4) is 0 Å². The van der Waals surface area contributed by atoms with Crippen LogP contribution < -0.4 is 5.32 Å². The van der Waals surface area contributed by atoms with Crippen molar-refractivity contribution in [2.75, 3.05) is 25.0 Å². The van der Waals surface area contributed by atoms with Crippen LogP contribution in [-0.4, -0.2) is 34.3 Å². The molecule has 2 aliphatic rings. The molecule has 5 rings (SSSR count). The van der Waals surface area contributed by atoms with Crippen LogP contribution in [0.25, 0.3) is 5.69 Å². The lowest BCUT2D eigenvalue weighted by molar-refractivity contribution is 0.203. The van der Waals surface area contributed by atoms with Gasteiger partial charge in [0.1, 0.15) is 11.9 Å². The molecule has 3 aromatic rings. The molecule has 0 bridgehead atoms. The largest absolute Gasteiger partial charge is 0.369 e. The standard InChI is InChI=1S/C24H25N5/c25-16-20-8-4-5-9-22(20)29-24-21(10-13-26-24)23(27-29)19-11-14-28(15-12-19)17-18-6-2-1-3-7-18/h1-9,19,26H,10-15,17H2. The number of rotatable bonds is 4. The summed E-state index contributed by atoms with van der Waals surface area (Å²) in [4.78, 5) is 2.55. The van der Waals surface area contributed by atoms with Gasteiger partial charge in [-0.25, -0.2) is 4.68 Å². The molecule has 0 spiro atoms. The van der Waals surface area contributed by atoms with E-state index >= 15 is 0 Å². The van der Waals surface area contributed by atoms with E-state index in [1.807, 2.05) is 28.9 Å². The first-order chi connectivity index (χ1) is 14.3. The number of likely N-dealkylation sites (tertiary alicyclic amines) is 1. The molecule has 0 amide bonds. The Morgan fingerprint density at radius 2 is 1.79 bits per heavy atom. The smallest absolute Gasteiger partial charge is 0.133 e. The first-order valence-electron chi connectivity index (χ1n) is 10.4. The van der Waals surface area contributed by atoms with Gasteiger partial charge in [-0.15, -0.1) is 0 Å². The predicted molar refractivity (Wildman–Crippen MR) is 114 cm³/mol. The SMILES string of the molecule is N#Cc1ccccc1-n1nc(C2CCN(Cc3ccccc3)CC2)c2c1NCC2. The topological polar surface area (TPSA) is 56.9 Å². The Morgan fingerprint density at radius 1 is 1.03 bits per heavy atom. The molecule has 1 aromatic heterocycles. The third kappa shape index (κ3) is 3.41. The molecule has 0 aliphatic carbocycles. The predicted octanol–water partition coefficient (Wildman–Crippen LogP) is 4.09. The van der Waals surface area contributed by atoms with Crippen LogP contribution in [0.15, 0.2) is 54.6 Å². The Bertz CT molecular complexity index is 1040. The molecular formula is C24H25N5. The Balaban J connectivity index is 1.37. The zero-order chi connectivity index (χ0) is 19.6. The molecule has 0 atom stereocenters. The van der Waals surface area contributed by atoms with Gasteiger partial charge in [0.15, 0.2) is 0 Å². The van der Waals surface area contributed by atoms with Gasteiger partial charge < -0.3 is 5.32 Å². The molecular weight excluding hydrogens is 358 g/mol. The molecule has 1 fully saturated rings. The highest BCUT2D eigenvalue weighted by Crippen LogP contribution is 2.37. The summed E-state index contributed by atoms with van der Waals surface area (Å²) in [5.41, 5.74) is 5.49. The van der Waals surface area contributed by atoms with Crippen molar-refractivity contribution >= 4 is 5.82 Å². The first-order valence-corrected chi connectivity index (χ1v) is 10.4. The van der Waals surface area contributed by atoms with Gasteiger partial charge in [0.2, 0.25) is 0 Å². The van der Waals surface area contributed by atoms with E-state index in [0.29, 0.717) is 11.5 Å². The number of piperidine rings is 1. The van der Waals surface area contributed by atoms with Crippen molar-refractivity contribution in [3.63, 3.8) is 0 Å². The quantitative estimate of drug-likeness (QED) is 0.737. The number of benzene rings is 2. The summed E-state index contributed by atoms with van der Waals surface area (Å²) in [5.74, 6) is 1.57. The number of aromatic nitrogens is 2. The number of hydrogen-bond acceptors (Lipinski definition) is 4. The molecule has 0 radical (unpaired) electrons. The van der Waals surface area contributed by atoms with Crippen LogP contribution >= 0.6 is 0 Å². The number of anilines is 1. The molecule has 3 heterocycles. The molecule has 5 heteroatoms. The number of fused-ring (bicyclic) bond motifs is 1. The van der Waals surface area contributed by atoms with Gasteiger partial charge in [0, 0.05) is 24.6 Å². The van der Waals surface area contributed by atoms with Crippen molar-refractivity contribution in [1.29, 1.82) is 5.26 Å². The maximum atomic E-state index is 9.52. The second-order valence-corrected chi connectivity index (χ2v) is 7.97. The number of nitrogens with zero attached hydrogens (tertiary/aromatic N) is 4. The first kappa shape index (κ1) is 18.0. The summed E-state index contributed by atoms with van der Waals surface area (Å²) in [6, 6.07) is 20.8. The molecule has 2 aromatic carbocycles. The fraction of sp³-hybridized carbons (Fsp3) is 0.333. The molecule has 5 nitrogen and oxygen atoms in total. The van der Waals surface area contributed by atoms with Crippen LogP contribution in [0.2, 0.25) is 0 Å². The molecule has 146 valence electrons. The summed E-state index contributed by atoms with van der Waals surface area (Å²) in [5, 5.41) is 18.0. The normalized spacial score (nSPS) is 16.9. The van der Waals surface area contributed by atoms with Gasteiger partial charge in [0.05, 0.1) is 16.9 Å². The van der Waals surface area contributed by atoms with Crippen LogP contribution in [0.4, 0.5) is 5.82 Å². The molecule has 1 N–H and O–H groups in total. The highest BCUT2D eigenvalue weighted by molar-refractivity contribution is 5.60. The summed E-state index contributed by atoms with van der Waals surface area (Å²) in [6.07, 6.45) is 3.29. The molecule has 0 saturated carbocycles. The third-order valence-corrected chi connectivity index (χ3v) is 6.16. The number of para-hydroxylation sites is 1. The zero-order valence-electron chi connectivity index (χ0n) is 16.5. The number of nitriles is 1. The summed E-state index contributed by atoms with van der Waals surface area (Å²) in [7, 11) is 0. The molecule has 0 unspecified atom stereocenters. The molecule has 1 saturated heterocycles. The fourth-order valence-corrected chi connectivity index (χ4v) is 4.66. The van der Waals surface area contributed by atoms with Gasteiger partial charge in [-0.05, 0) is 50.0 Å². The minimum Gasteiger partial charge on any atom is -0.369 e. The van der Waals surface area contributed by atoms with E-state index in [1.165, 1.54) is 16.8 Å². The van der Waals surface area contributed by atoms with Gasteiger partial charge in [0.25, 0.3) is 0 Å². The second kappa shape index (κ2) is 7.73. The maximum Gasteiger partial charge on any atom is 0.133 e. The monoisotopic (exact) mass is 383 g/mol. The highest BCUT2D eigenvalue weighted by atomic mass is 15.3. The Labute approximate surface area is 171 Å². The molecule has 29 heavy (non-hydrogen) atoms. The third-order valence-electron chi connectivity index (χ3n) is 6.16. The van der Waals surface area contributed by atoms with Crippen LogP contribution in [0, 0.1) is 11.3 Å². The van der Waals surface area contributed by atoms with E-state index in [2.05, 4.69) is 46.6 Å². The average molecular weight is 383 g/mol. The van der Waals surface area contributed by atoms with E-state index in [1.54, 1.807) is 0 Å². The minimum absolute atomic E-state index is 0.492. The van der Waals surface area contributed by atoms with E-state index < -0.39 is 0 Å². The lowest BCUT2D eigenvalue weighted by atomic mass is 9.90.